The molecule has 0 unspecified atom stereocenters. The maximum absolute atomic E-state index is 13.7. The van der Waals surface area contributed by atoms with Crippen LogP contribution in [-0.4, -0.2) is 37.7 Å². The number of Topliss-reactive ketones (excluding diaryl/α,β-unsaturated/α-hetero) is 1. The molecule has 1 heterocycles. The van der Waals surface area contributed by atoms with E-state index in [0.29, 0.717) is 53.4 Å². The highest BCUT2D eigenvalue weighted by atomic mass is 16.5. The van der Waals surface area contributed by atoms with Gasteiger partial charge in [-0.15, -0.1) is 0 Å². The predicted molar refractivity (Wildman–Crippen MR) is 136 cm³/mol. The van der Waals surface area contributed by atoms with Crippen molar-refractivity contribution in [2.24, 2.45) is 0 Å². The van der Waals surface area contributed by atoms with Gasteiger partial charge in [-0.3, -0.25) is 4.79 Å². The van der Waals surface area contributed by atoms with E-state index in [2.05, 4.69) is 5.32 Å². The van der Waals surface area contributed by atoms with Crippen LogP contribution in [0.15, 0.2) is 65.0 Å². The predicted octanol–water partition coefficient (Wildman–Crippen LogP) is 5.11. The van der Waals surface area contributed by atoms with Crippen LogP contribution in [0.25, 0.3) is 0 Å². The van der Waals surface area contributed by atoms with E-state index in [-0.39, 0.29) is 17.5 Å². The summed E-state index contributed by atoms with van der Waals surface area (Å²) in [5, 5.41) is 13.5. The molecular weight excluding hydrogens is 458 g/mol. The number of allylic oxidation sites excluding steroid dienone is 3. The second-order valence-corrected chi connectivity index (χ2v) is 9.22. The van der Waals surface area contributed by atoms with Crippen molar-refractivity contribution in [1.82, 2.24) is 5.32 Å². The van der Waals surface area contributed by atoms with Crippen molar-refractivity contribution in [2.45, 2.75) is 51.4 Å². The number of hydrogen-bond donors (Lipinski definition) is 2. The molecule has 190 valence electrons. The summed E-state index contributed by atoms with van der Waals surface area (Å²) in [4.78, 5) is 26.9. The molecule has 0 spiro atoms. The van der Waals surface area contributed by atoms with Crippen LogP contribution in [0.4, 0.5) is 0 Å². The molecule has 0 aromatic heterocycles. The normalized spacial score (nSPS) is 19.5. The van der Waals surface area contributed by atoms with Crippen LogP contribution >= 0.6 is 0 Å². The first-order valence-electron chi connectivity index (χ1n) is 12.3. The van der Waals surface area contributed by atoms with Gasteiger partial charge in [-0.05, 0) is 61.1 Å². The molecule has 1 aliphatic carbocycles. The Labute approximate surface area is 211 Å². The number of methoxy groups -OCH3 is 2. The Morgan fingerprint density at radius 1 is 1.06 bits per heavy atom. The number of unbranched alkanes of at least 4 members (excludes halogenated alkanes) is 1. The van der Waals surface area contributed by atoms with E-state index < -0.39 is 11.9 Å². The van der Waals surface area contributed by atoms with Gasteiger partial charge in [0, 0.05) is 29.3 Å². The smallest absolute Gasteiger partial charge is 0.336 e. The Hall–Kier alpha value is -3.74. The summed E-state index contributed by atoms with van der Waals surface area (Å²) >= 11 is 0. The summed E-state index contributed by atoms with van der Waals surface area (Å²) in [6, 6.07) is 12.5. The number of hydrogen-bond acceptors (Lipinski definition) is 7. The van der Waals surface area contributed by atoms with Crippen molar-refractivity contribution in [3.8, 4) is 17.2 Å². The fourth-order valence-electron chi connectivity index (χ4n) is 5.08. The zero-order valence-corrected chi connectivity index (χ0v) is 21.2. The quantitative estimate of drug-likeness (QED) is 0.391. The van der Waals surface area contributed by atoms with Crippen LogP contribution < -0.4 is 14.8 Å². The average molecular weight is 492 g/mol. The number of carbonyl (C=O) groups excluding carboxylic acids is 2. The second kappa shape index (κ2) is 10.9. The van der Waals surface area contributed by atoms with Crippen LogP contribution in [-0.2, 0) is 14.3 Å². The maximum atomic E-state index is 13.7. The molecule has 0 saturated carbocycles. The number of aromatic hydroxyl groups is 1. The van der Waals surface area contributed by atoms with Crippen molar-refractivity contribution in [3.63, 3.8) is 0 Å². The van der Waals surface area contributed by atoms with Crippen LogP contribution in [0.2, 0.25) is 0 Å². The minimum atomic E-state index is -0.610. The Kier molecular flexibility index (Phi) is 7.67. The molecule has 7 heteroatoms. The summed E-state index contributed by atoms with van der Waals surface area (Å²) in [7, 11) is 3.18. The number of ether oxygens (including phenoxy) is 3. The molecule has 1 aliphatic heterocycles. The summed E-state index contributed by atoms with van der Waals surface area (Å²) in [5.74, 6) is 0.181. The van der Waals surface area contributed by atoms with E-state index in [1.165, 1.54) is 0 Å². The van der Waals surface area contributed by atoms with Gasteiger partial charge in [-0.1, -0.05) is 31.5 Å². The van der Waals surface area contributed by atoms with Gasteiger partial charge in [0.25, 0.3) is 0 Å². The Morgan fingerprint density at radius 2 is 1.83 bits per heavy atom. The third-order valence-corrected chi connectivity index (χ3v) is 6.86. The summed E-state index contributed by atoms with van der Waals surface area (Å²) in [6.45, 7) is 4.18. The van der Waals surface area contributed by atoms with Gasteiger partial charge in [0.15, 0.2) is 17.3 Å². The van der Waals surface area contributed by atoms with Crippen molar-refractivity contribution in [3.05, 3.63) is 76.1 Å². The fraction of sp³-hybridized carbons (Fsp3) is 0.379. The first-order chi connectivity index (χ1) is 17.4. The SMILES string of the molecule is CCCCOC(=O)C1=C(C)NC2=C(C(=O)C[C@@H](c3ccc(OC)c(OC)c3)C2)[C@@H]1c1cccc(O)c1. The number of ketones is 1. The highest BCUT2D eigenvalue weighted by molar-refractivity contribution is 6.04. The lowest BCUT2D eigenvalue weighted by molar-refractivity contribution is -0.139. The molecule has 2 N–H and O–H groups in total. The topological polar surface area (TPSA) is 94.1 Å². The van der Waals surface area contributed by atoms with E-state index in [9.17, 15) is 14.7 Å². The number of carbonyl (C=O) groups is 2. The Morgan fingerprint density at radius 3 is 2.53 bits per heavy atom. The van der Waals surface area contributed by atoms with Crippen molar-refractivity contribution in [2.75, 3.05) is 20.8 Å². The van der Waals surface area contributed by atoms with Gasteiger partial charge >= 0.3 is 5.97 Å². The Bertz CT molecular complexity index is 1230. The van der Waals surface area contributed by atoms with Gasteiger partial charge in [0.1, 0.15) is 5.75 Å². The third kappa shape index (κ3) is 4.96. The van der Waals surface area contributed by atoms with Crippen molar-refractivity contribution >= 4 is 11.8 Å². The molecular formula is C29H33NO6. The van der Waals surface area contributed by atoms with E-state index >= 15 is 0 Å². The lowest BCUT2D eigenvalue weighted by atomic mass is 9.71. The molecule has 2 aliphatic rings. The van der Waals surface area contributed by atoms with Crippen LogP contribution in [0.3, 0.4) is 0 Å². The minimum Gasteiger partial charge on any atom is -0.508 e. The molecule has 0 fully saturated rings. The zero-order chi connectivity index (χ0) is 25.8. The fourth-order valence-corrected chi connectivity index (χ4v) is 5.08. The van der Waals surface area contributed by atoms with E-state index in [1.807, 2.05) is 38.1 Å². The lowest BCUT2D eigenvalue weighted by Crippen LogP contribution is -2.36. The molecule has 0 saturated heterocycles. The van der Waals surface area contributed by atoms with E-state index in [0.717, 1.165) is 24.1 Å². The highest BCUT2D eigenvalue weighted by Gasteiger charge is 2.41. The number of rotatable bonds is 8. The van der Waals surface area contributed by atoms with Gasteiger partial charge in [0.05, 0.1) is 26.4 Å². The van der Waals surface area contributed by atoms with Crippen LogP contribution in [0.5, 0.6) is 17.2 Å². The number of nitrogens with one attached hydrogen (secondary N) is 1. The number of esters is 1. The monoisotopic (exact) mass is 491 g/mol. The standard InChI is InChI=1S/C29H33NO6/c1-5-6-12-36-29(33)26-17(2)30-22-14-20(18-10-11-24(34-3)25(16-18)35-4)15-23(32)28(22)27(26)19-8-7-9-21(31)13-19/h7-11,13,16,20,27,30-31H,5-6,12,14-15H2,1-4H3/t20-,27+/m0/s1. The number of dihydropyridines is 1. The summed E-state index contributed by atoms with van der Waals surface area (Å²) < 4.78 is 16.4. The molecule has 0 bridgehead atoms. The van der Waals surface area contributed by atoms with Crippen LogP contribution in [0.1, 0.15) is 62.5 Å². The van der Waals surface area contributed by atoms with Crippen molar-refractivity contribution in [1.29, 1.82) is 0 Å². The zero-order valence-electron chi connectivity index (χ0n) is 21.2. The second-order valence-electron chi connectivity index (χ2n) is 9.22. The van der Waals surface area contributed by atoms with Gasteiger partial charge in [-0.25, -0.2) is 4.79 Å². The number of benzene rings is 2. The van der Waals surface area contributed by atoms with Gasteiger partial charge < -0.3 is 24.6 Å². The molecule has 2 aromatic rings. The summed E-state index contributed by atoms with van der Waals surface area (Å²) in [6.07, 6.45) is 2.57. The van der Waals surface area contributed by atoms with E-state index in [1.54, 1.807) is 32.4 Å². The highest BCUT2D eigenvalue weighted by Crippen LogP contribution is 2.46. The summed E-state index contributed by atoms with van der Waals surface area (Å²) in [5.41, 5.74) is 4.09. The van der Waals surface area contributed by atoms with Gasteiger partial charge in [0.2, 0.25) is 0 Å². The van der Waals surface area contributed by atoms with Crippen LogP contribution in [0, 0.1) is 0 Å². The molecule has 7 nitrogen and oxygen atoms in total. The lowest BCUT2D eigenvalue weighted by Gasteiger charge is -2.36. The van der Waals surface area contributed by atoms with Crippen molar-refractivity contribution < 1.29 is 28.9 Å². The molecule has 2 atom stereocenters. The third-order valence-electron chi connectivity index (χ3n) is 6.86. The minimum absolute atomic E-state index is 0.0387. The largest absolute Gasteiger partial charge is 0.508 e. The molecule has 2 aromatic carbocycles. The molecule has 36 heavy (non-hydrogen) atoms. The molecule has 0 radical (unpaired) electrons. The average Bonchev–Trinajstić information content (AvgIpc) is 2.87. The molecule has 4 rings (SSSR count). The maximum Gasteiger partial charge on any atom is 0.336 e. The Balaban J connectivity index is 1.74. The molecule has 0 amide bonds. The number of phenolic OH excluding ortho intramolecular Hbond substituents is 1. The number of phenols is 1. The van der Waals surface area contributed by atoms with Gasteiger partial charge in [-0.2, -0.15) is 0 Å². The first kappa shape index (κ1) is 25.4. The van der Waals surface area contributed by atoms with E-state index in [4.69, 9.17) is 14.2 Å². The first-order valence-corrected chi connectivity index (χ1v) is 12.3.